The van der Waals surface area contributed by atoms with Crippen LogP contribution in [0, 0.1) is 11.8 Å². The minimum Gasteiger partial charge on any atom is -0.292 e. The Morgan fingerprint density at radius 3 is 2.06 bits per heavy atom. The number of rotatable bonds is 7. The van der Waals surface area contributed by atoms with Crippen molar-refractivity contribution in [3.05, 3.63) is 81.4 Å². The lowest BCUT2D eigenvalue weighted by Crippen LogP contribution is -2.57. The number of hydrogen-bond donors (Lipinski definition) is 0. The Balaban J connectivity index is 1.80. The number of halogens is 3. The fourth-order valence-electron chi connectivity index (χ4n) is 4.60. The van der Waals surface area contributed by atoms with E-state index in [0.717, 1.165) is 15.6 Å². The second-order valence-corrected chi connectivity index (χ2v) is 9.96. The zero-order valence-corrected chi connectivity index (χ0v) is 21.2. The second kappa shape index (κ2) is 10.5. The molecule has 1 aliphatic heterocycles. The molecule has 3 amide bonds. The van der Waals surface area contributed by atoms with Gasteiger partial charge in [0.15, 0.2) is 5.78 Å². The Morgan fingerprint density at radius 2 is 1.49 bits per heavy atom. The number of amides is 3. The molecule has 9 heteroatoms. The fraction of sp³-hybridized carbons (Fsp3) is 0.308. The van der Waals surface area contributed by atoms with Crippen molar-refractivity contribution < 1.29 is 19.2 Å². The van der Waals surface area contributed by atoms with Crippen molar-refractivity contribution in [2.24, 2.45) is 11.8 Å². The smallest absolute Gasteiger partial charge is 0.273 e. The van der Waals surface area contributed by atoms with Crippen molar-refractivity contribution in [1.29, 1.82) is 0 Å². The van der Waals surface area contributed by atoms with Gasteiger partial charge >= 0.3 is 0 Å². The molecule has 35 heavy (non-hydrogen) atoms. The number of fused-ring (bicyclic) bond motifs is 1. The topological polar surface area (TPSA) is 74.8 Å². The molecular weight excluding hydrogens is 511 g/mol. The Labute approximate surface area is 218 Å². The first kappa shape index (κ1) is 25.4. The van der Waals surface area contributed by atoms with E-state index in [2.05, 4.69) is 0 Å². The van der Waals surface area contributed by atoms with Gasteiger partial charge in [0.05, 0.1) is 11.8 Å². The predicted molar refractivity (Wildman–Crippen MR) is 134 cm³/mol. The van der Waals surface area contributed by atoms with Crippen LogP contribution in [0.3, 0.4) is 0 Å². The highest BCUT2D eigenvalue weighted by Gasteiger charge is 2.53. The van der Waals surface area contributed by atoms with Crippen LogP contribution in [-0.2, 0) is 9.59 Å². The highest BCUT2D eigenvalue weighted by Crippen LogP contribution is 2.39. The number of carbonyl (C=O) groups excluding carboxylic acids is 4. The van der Waals surface area contributed by atoms with Gasteiger partial charge in [-0.25, -0.2) is 5.01 Å². The standard InChI is InChI=1S/C26H23Cl3N2O4/c1-15-2-11-20-21(14-15)26(35)31(25(20)34)30(24(33)17-5-9-19(29)10-6-17)22(12-13-27)23(32)16-3-7-18(28)8-4-16/h2-10,20-22H,11-14H2,1H3/t20-,21+,22-/m0/s1. The number of alkyl halides is 1. The van der Waals surface area contributed by atoms with Gasteiger partial charge in [-0.3, -0.25) is 19.2 Å². The molecule has 0 unspecified atom stereocenters. The van der Waals surface area contributed by atoms with Crippen LogP contribution >= 0.6 is 34.8 Å². The number of benzene rings is 2. The highest BCUT2D eigenvalue weighted by atomic mass is 35.5. The normalized spacial score (nSPS) is 20.3. The number of allylic oxidation sites excluding steroid dienone is 2. The summed E-state index contributed by atoms with van der Waals surface area (Å²) in [6, 6.07) is 11.1. The molecule has 2 aliphatic rings. The van der Waals surface area contributed by atoms with E-state index in [1.165, 1.54) is 36.4 Å². The number of hydrazine groups is 1. The third kappa shape index (κ3) is 5.01. The van der Waals surface area contributed by atoms with E-state index < -0.39 is 41.4 Å². The van der Waals surface area contributed by atoms with Gasteiger partial charge in [0.2, 0.25) is 0 Å². The number of hydrogen-bond acceptors (Lipinski definition) is 4. The van der Waals surface area contributed by atoms with E-state index in [0.29, 0.717) is 22.9 Å². The molecule has 0 radical (unpaired) electrons. The molecule has 0 aromatic heterocycles. The quantitative estimate of drug-likeness (QED) is 0.202. The van der Waals surface area contributed by atoms with Crippen molar-refractivity contribution in [1.82, 2.24) is 10.0 Å². The second-order valence-electron chi connectivity index (χ2n) is 8.71. The summed E-state index contributed by atoms with van der Waals surface area (Å²) < 4.78 is 0. The molecule has 0 N–H and O–H groups in total. The SMILES string of the molecule is CC1=CC[C@@H]2C(=O)N(N(C(=O)c3ccc(Cl)cc3)[C@@H](CCCl)C(=O)c3ccc(Cl)cc3)C(=O)[C@@H]2C1. The summed E-state index contributed by atoms with van der Waals surface area (Å²) in [4.78, 5) is 54.5. The van der Waals surface area contributed by atoms with Gasteiger partial charge in [-0.15, -0.1) is 11.6 Å². The molecule has 1 heterocycles. The lowest BCUT2D eigenvalue weighted by atomic mass is 9.82. The van der Waals surface area contributed by atoms with E-state index in [4.69, 9.17) is 34.8 Å². The first-order valence-electron chi connectivity index (χ1n) is 11.2. The third-order valence-corrected chi connectivity index (χ3v) is 7.15. The van der Waals surface area contributed by atoms with Gasteiger partial charge in [-0.2, -0.15) is 5.01 Å². The summed E-state index contributed by atoms with van der Waals surface area (Å²) in [5.41, 5.74) is 1.48. The number of Topliss-reactive ketones (excluding diaryl/α,β-unsaturated/α-hetero) is 1. The number of carbonyl (C=O) groups is 4. The van der Waals surface area contributed by atoms with Crippen molar-refractivity contribution in [2.45, 2.75) is 32.2 Å². The first-order chi connectivity index (χ1) is 16.7. The van der Waals surface area contributed by atoms with Gasteiger partial charge in [0.25, 0.3) is 17.7 Å². The molecule has 2 aromatic carbocycles. The van der Waals surface area contributed by atoms with Crippen LogP contribution in [0.2, 0.25) is 10.0 Å². The van der Waals surface area contributed by atoms with Gasteiger partial charge in [0, 0.05) is 27.1 Å². The molecule has 2 aromatic rings. The lowest BCUT2D eigenvalue weighted by Gasteiger charge is -2.36. The summed E-state index contributed by atoms with van der Waals surface area (Å²) in [6.07, 6.45) is 2.81. The van der Waals surface area contributed by atoms with Crippen LogP contribution in [0.4, 0.5) is 0 Å². The average molecular weight is 534 g/mol. The van der Waals surface area contributed by atoms with E-state index in [1.54, 1.807) is 12.1 Å². The number of ketones is 1. The van der Waals surface area contributed by atoms with Crippen molar-refractivity contribution in [2.75, 3.05) is 5.88 Å². The minimum absolute atomic E-state index is 0.0259. The van der Waals surface area contributed by atoms with E-state index in [1.807, 2.05) is 13.0 Å². The maximum atomic E-state index is 13.8. The summed E-state index contributed by atoms with van der Waals surface area (Å²) in [7, 11) is 0. The molecule has 6 nitrogen and oxygen atoms in total. The monoisotopic (exact) mass is 532 g/mol. The van der Waals surface area contributed by atoms with E-state index in [-0.39, 0.29) is 23.4 Å². The van der Waals surface area contributed by atoms with Crippen LogP contribution < -0.4 is 0 Å². The molecule has 0 saturated carbocycles. The molecule has 182 valence electrons. The summed E-state index contributed by atoms with van der Waals surface area (Å²) >= 11 is 18.0. The van der Waals surface area contributed by atoms with Gasteiger partial charge in [-0.05, 0) is 74.7 Å². The molecule has 3 atom stereocenters. The van der Waals surface area contributed by atoms with Crippen LogP contribution in [-0.4, -0.2) is 45.4 Å². The lowest BCUT2D eigenvalue weighted by molar-refractivity contribution is -0.156. The van der Waals surface area contributed by atoms with Crippen LogP contribution in [0.5, 0.6) is 0 Å². The third-order valence-electron chi connectivity index (χ3n) is 6.42. The van der Waals surface area contributed by atoms with E-state index >= 15 is 0 Å². The largest absolute Gasteiger partial charge is 0.292 e. The summed E-state index contributed by atoms with van der Waals surface area (Å²) in [5, 5.41) is 2.75. The molecule has 4 rings (SSSR count). The molecule has 1 saturated heterocycles. The minimum atomic E-state index is -1.18. The maximum Gasteiger partial charge on any atom is 0.273 e. The Hall–Kier alpha value is -2.67. The van der Waals surface area contributed by atoms with Gasteiger partial charge in [-0.1, -0.05) is 34.9 Å². The van der Waals surface area contributed by atoms with E-state index in [9.17, 15) is 19.2 Å². The molecule has 1 fully saturated rings. The van der Waals surface area contributed by atoms with Crippen molar-refractivity contribution in [3.63, 3.8) is 0 Å². The molecule has 1 aliphatic carbocycles. The summed E-state index contributed by atoms with van der Waals surface area (Å²) in [5.74, 6) is -3.21. The Bertz CT molecular complexity index is 1190. The Morgan fingerprint density at radius 1 is 0.943 bits per heavy atom. The van der Waals surface area contributed by atoms with Gasteiger partial charge < -0.3 is 0 Å². The predicted octanol–water partition coefficient (Wildman–Crippen LogP) is 5.57. The molecule has 0 spiro atoms. The van der Waals surface area contributed by atoms with Crippen LogP contribution in [0.1, 0.15) is 46.9 Å². The zero-order chi connectivity index (χ0) is 25.3. The van der Waals surface area contributed by atoms with Crippen LogP contribution in [0.25, 0.3) is 0 Å². The molecular formula is C26H23Cl3N2O4. The zero-order valence-electron chi connectivity index (χ0n) is 18.9. The number of nitrogens with zero attached hydrogens (tertiary/aromatic N) is 2. The highest BCUT2D eigenvalue weighted by molar-refractivity contribution is 6.31. The number of imide groups is 1. The van der Waals surface area contributed by atoms with Gasteiger partial charge in [0.1, 0.15) is 6.04 Å². The fourth-order valence-corrected chi connectivity index (χ4v) is 5.06. The first-order valence-corrected chi connectivity index (χ1v) is 12.5. The summed E-state index contributed by atoms with van der Waals surface area (Å²) in [6.45, 7) is 1.91. The molecule has 0 bridgehead atoms. The van der Waals surface area contributed by atoms with Crippen molar-refractivity contribution in [3.8, 4) is 0 Å². The van der Waals surface area contributed by atoms with Crippen molar-refractivity contribution >= 4 is 58.3 Å². The Kier molecular flexibility index (Phi) is 7.64. The average Bonchev–Trinajstić information content (AvgIpc) is 3.08. The maximum absolute atomic E-state index is 13.8. The van der Waals surface area contributed by atoms with Crippen LogP contribution in [0.15, 0.2) is 60.2 Å².